The smallest absolute Gasteiger partial charge is 0.403 e. The van der Waals surface area contributed by atoms with Gasteiger partial charge >= 0.3 is 15.6 Å². The topological polar surface area (TPSA) is 89.5 Å². The molecule has 2 aromatic carbocycles. The lowest BCUT2D eigenvalue weighted by atomic mass is 9.78. The minimum atomic E-state index is -3.99. The molecule has 8 nitrogen and oxygen atoms in total. The highest BCUT2D eigenvalue weighted by atomic mass is 31.2. The highest BCUT2D eigenvalue weighted by Crippen LogP contribution is 2.62. The van der Waals surface area contributed by atoms with Gasteiger partial charge in [0.2, 0.25) is 0 Å². The third kappa shape index (κ3) is 8.08. The summed E-state index contributed by atoms with van der Waals surface area (Å²) in [6.07, 6.45) is 0. The largest absolute Gasteiger partial charge is 0.530 e. The minimum absolute atomic E-state index is 0.0170. The van der Waals surface area contributed by atoms with Crippen molar-refractivity contribution < 1.29 is 36.3 Å². The first-order valence-corrected chi connectivity index (χ1v) is 18.7. The molecule has 0 unspecified atom stereocenters. The van der Waals surface area contributed by atoms with Gasteiger partial charge in [0.05, 0.1) is 31.8 Å². The van der Waals surface area contributed by atoms with Crippen molar-refractivity contribution in [2.75, 3.05) is 26.4 Å². The fourth-order valence-corrected chi connectivity index (χ4v) is 8.42. The van der Waals surface area contributed by atoms with E-state index in [1.807, 2.05) is 13.8 Å². The predicted molar refractivity (Wildman–Crippen MR) is 180 cm³/mol. The summed E-state index contributed by atoms with van der Waals surface area (Å²) in [6.45, 7) is 29.2. The van der Waals surface area contributed by atoms with Crippen LogP contribution < -0.4 is 9.05 Å². The molecule has 2 heterocycles. The van der Waals surface area contributed by atoms with Gasteiger partial charge in [-0.2, -0.15) is 0 Å². The van der Waals surface area contributed by atoms with Crippen LogP contribution in [0.15, 0.2) is 24.3 Å². The Kier molecular flexibility index (Phi) is 9.48. The van der Waals surface area contributed by atoms with E-state index in [9.17, 15) is 9.13 Å². The van der Waals surface area contributed by atoms with Gasteiger partial charge in [0, 0.05) is 22.3 Å². The molecule has 0 bridgehead atoms. The SMILES string of the molecule is Cc1cc(C(C)(C)C)c(OP2(=O)OCC3(CO2)COP(=O)(Oc2c(C(C)(C)C)cc(C)cc2C(C)(C)C)OC3)c(C(C)(C)C)c1. The average molecular weight is 665 g/mol. The van der Waals surface area contributed by atoms with Crippen molar-refractivity contribution in [3.05, 3.63) is 57.6 Å². The maximum atomic E-state index is 13.9. The second kappa shape index (κ2) is 11.8. The summed E-state index contributed by atoms with van der Waals surface area (Å²) in [4.78, 5) is 0. The van der Waals surface area contributed by atoms with Gasteiger partial charge in [-0.25, -0.2) is 9.13 Å². The summed E-state index contributed by atoms with van der Waals surface area (Å²) in [6, 6.07) is 8.25. The van der Waals surface area contributed by atoms with Crippen LogP contribution in [0.4, 0.5) is 0 Å². The number of aryl methyl sites for hydroxylation is 2. The Morgan fingerprint density at radius 2 is 0.733 bits per heavy atom. The summed E-state index contributed by atoms with van der Waals surface area (Å²) in [5.41, 5.74) is 3.97. The van der Waals surface area contributed by atoms with E-state index in [2.05, 4.69) is 107 Å². The molecule has 2 fully saturated rings. The van der Waals surface area contributed by atoms with Crippen molar-refractivity contribution in [3.8, 4) is 11.5 Å². The Hall–Kier alpha value is -1.66. The van der Waals surface area contributed by atoms with Crippen LogP contribution in [0.25, 0.3) is 0 Å². The molecule has 2 saturated heterocycles. The van der Waals surface area contributed by atoms with Gasteiger partial charge in [-0.1, -0.05) is 118 Å². The zero-order valence-electron chi connectivity index (χ0n) is 29.8. The zero-order valence-corrected chi connectivity index (χ0v) is 31.6. The van der Waals surface area contributed by atoms with Gasteiger partial charge in [-0.3, -0.25) is 18.1 Å². The first kappa shape index (κ1) is 36.2. The lowest BCUT2D eigenvalue weighted by Gasteiger charge is -2.42. The predicted octanol–water partition coefficient (Wildman–Crippen LogP) is 10.2. The monoisotopic (exact) mass is 664 g/mol. The van der Waals surface area contributed by atoms with Crippen LogP contribution in [0.3, 0.4) is 0 Å². The maximum Gasteiger partial charge on any atom is 0.530 e. The molecule has 2 aliphatic heterocycles. The fraction of sp³-hybridized carbons (Fsp3) is 0.657. The summed E-state index contributed by atoms with van der Waals surface area (Å²) >= 11 is 0. The molecule has 2 aliphatic rings. The van der Waals surface area contributed by atoms with Crippen LogP contribution in [0.1, 0.15) is 116 Å². The molecule has 0 N–H and O–H groups in total. The van der Waals surface area contributed by atoms with Crippen molar-refractivity contribution in [2.24, 2.45) is 5.41 Å². The van der Waals surface area contributed by atoms with E-state index in [4.69, 9.17) is 27.1 Å². The molecular formula is C35H54O8P2. The maximum absolute atomic E-state index is 13.9. The lowest BCUT2D eigenvalue weighted by molar-refractivity contribution is -0.0855. The van der Waals surface area contributed by atoms with E-state index in [0.29, 0.717) is 11.5 Å². The molecule has 0 saturated carbocycles. The summed E-state index contributed by atoms with van der Waals surface area (Å²) in [7, 11) is -7.98. The van der Waals surface area contributed by atoms with Gasteiger partial charge in [-0.15, -0.1) is 0 Å². The Morgan fingerprint density at radius 3 is 0.933 bits per heavy atom. The van der Waals surface area contributed by atoms with Crippen molar-refractivity contribution in [1.29, 1.82) is 0 Å². The minimum Gasteiger partial charge on any atom is -0.403 e. The number of rotatable bonds is 4. The van der Waals surface area contributed by atoms with E-state index < -0.39 is 21.1 Å². The third-order valence-corrected chi connectivity index (χ3v) is 10.8. The molecule has 0 atom stereocenters. The van der Waals surface area contributed by atoms with Crippen LogP contribution in [0.2, 0.25) is 0 Å². The van der Waals surface area contributed by atoms with Gasteiger partial charge in [0.25, 0.3) is 0 Å². The second-order valence-electron chi connectivity index (χ2n) is 17.0. The Labute approximate surface area is 271 Å². The van der Waals surface area contributed by atoms with Crippen LogP contribution in [-0.4, -0.2) is 26.4 Å². The van der Waals surface area contributed by atoms with E-state index in [-0.39, 0.29) is 48.1 Å². The lowest BCUT2D eigenvalue weighted by Crippen LogP contribution is -2.46. The molecule has 252 valence electrons. The van der Waals surface area contributed by atoms with Crippen LogP contribution >= 0.6 is 15.6 Å². The van der Waals surface area contributed by atoms with Crippen molar-refractivity contribution >= 4 is 15.6 Å². The Balaban J connectivity index is 1.54. The molecule has 0 aliphatic carbocycles. The molecule has 10 heteroatoms. The van der Waals surface area contributed by atoms with E-state index in [0.717, 1.165) is 33.4 Å². The number of hydrogen-bond acceptors (Lipinski definition) is 8. The summed E-state index contributed by atoms with van der Waals surface area (Å²) < 4.78 is 63.7. The fourth-order valence-electron chi connectivity index (χ4n) is 5.49. The highest BCUT2D eigenvalue weighted by molar-refractivity contribution is 7.49. The Bertz CT molecular complexity index is 1320. The van der Waals surface area contributed by atoms with Crippen molar-refractivity contribution in [2.45, 2.75) is 119 Å². The van der Waals surface area contributed by atoms with Crippen molar-refractivity contribution in [3.63, 3.8) is 0 Å². The van der Waals surface area contributed by atoms with E-state index in [1.54, 1.807) is 0 Å². The Morgan fingerprint density at radius 1 is 0.511 bits per heavy atom. The standard InChI is InChI=1S/C35H54O8P2/c1-23-15-25(31(3,4)5)29(26(16-23)32(6,7)8)42-44(36)38-19-35(20-39-44)21-40-45(37,41-22-35)43-30-27(33(9,10)11)17-24(2)18-28(30)34(12,13)14/h15-18H,19-22H2,1-14H3. The molecule has 2 aromatic rings. The second-order valence-corrected chi connectivity index (χ2v) is 20.2. The normalized spacial score (nSPS) is 26.6. The molecule has 4 rings (SSSR count). The van der Waals surface area contributed by atoms with Gasteiger partial charge < -0.3 is 9.05 Å². The summed E-state index contributed by atoms with van der Waals surface area (Å²) in [5.74, 6) is 1.05. The number of hydrogen-bond donors (Lipinski definition) is 0. The third-order valence-electron chi connectivity index (χ3n) is 8.22. The molecule has 45 heavy (non-hydrogen) atoms. The number of benzene rings is 2. The van der Waals surface area contributed by atoms with Crippen LogP contribution in [0.5, 0.6) is 11.5 Å². The van der Waals surface area contributed by atoms with Gasteiger partial charge in [-0.05, 0) is 35.5 Å². The van der Waals surface area contributed by atoms with Gasteiger partial charge in [0.1, 0.15) is 11.5 Å². The van der Waals surface area contributed by atoms with E-state index >= 15 is 0 Å². The highest BCUT2D eigenvalue weighted by Gasteiger charge is 2.52. The van der Waals surface area contributed by atoms with E-state index in [1.165, 1.54) is 0 Å². The van der Waals surface area contributed by atoms with Gasteiger partial charge in [0.15, 0.2) is 0 Å². The van der Waals surface area contributed by atoms with Crippen molar-refractivity contribution in [1.82, 2.24) is 0 Å². The summed E-state index contributed by atoms with van der Waals surface area (Å²) in [5, 5.41) is 0. The first-order chi connectivity index (χ1) is 20.3. The number of phosphoric acid groups is 2. The average Bonchev–Trinajstić information content (AvgIpc) is 2.87. The van der Waals surface area contributed by atoms with Crippen LogP contribution in [0, 0.1) is 19.3 Å². The number of phosphoric ester groups is 2. The van der Waals surface area contributed by atoms with Crippen LogP contribution in [-0.2, 0) is 48.9 Å². The molecule has 0 aromatic heterocycles. The first-order valence-electron chi connectivity index (χ1n) is 15.7. The molecule has 0 radical (unpaired) electrons. The zero-order chi connectivity index (χ0) is 34.0. The quantitative estimate of drug-likeness (QED) is 0.298. The molecule has 0 amide bonds. The molecular weight excluding hydrogens is 610 g/mol. The molecule has 1 spiro atoms.